The fourth-order valence-electron chi connectivity index (χ4n) is 2.10. The molecule has 1 aromatic rings. The third-order valence-electron chi connectivity index (χ3n) is 3.09. The summed E-state index contributed by atoms with van der Waals surface area (Å²) in [6, 6.07) is 9.02. The number of carbonyl (C=O) groups is 1. The van der Waals surface area contributed by atoms with Gasteiger partial charge in [0.1, 0.15) is 10.3 Å². The second kappa shape index (κ2) is 6.90. The van der Waals surface area contributed by atoms with Gasteiger partial charge in [0.15, 0.2) is 5.78 Å². The van der Waals surface area contributed by atoms with Crippen molar-refractivity contribution >= 4 is 43.4 Å². The van der Waals surface area contributed by atoms with Crippen molar-refractivity contribution in [1.82, 2.24) is 0 Å². The summed E-state index contributed by atoms with van der Waals surface area (Å²) >= 11 is 6.83. The van der Waals surface area contributed by atoms with Gasteiger partial charge < -0.3 is 9.84 Å². The molecule has 1 atom stereocenters. The molecule has 5 heteroatoms. The van der Waals surface area contributed by atoms with E-state index in [0.717, 1.165) is 6.42 Å². The molecular weight excluding hydrogens is 400 g/mol. The van der Waals surface area contributed by atoms with Crippen LogP contribution in [0.5, 0.6) is 0 Å². The van der Waals surface area contributed by atoms with Crippen LogP contribution in [0.1, 0.15) is 25.3 Å². The number of allylic oxidation sites excluding steroid dienone is 2. The molecule has 0 radical (unpaired) electrons. The molecule has 1 aliphatic carbocycles. The number of aliphatic hydroxyl groups is 1. The molecule has 0 aromatic heterocycles. The molecule has 0 bridgehead atoms. The predicted molar refractivity (Wildman–Crippen MR) is 90.5 cm³/mol. The van der Waals surface area contributed by atoms with Crippen LogP contribution < -0.4 is 0 Å². The maximum absolute atomic E-state index is 12.4. The highest BCUT2D eigenvalue weighted by Gasteiger charge is 2.37. The summed E-state index contributed by atoms with van der Waals surface area (Å²) in [7, 11) is 0. The van der Waals surface area contributed by atoms with E-state index >= 15 is 0 Å². The van der Waals surface area contributed by atoms with Crippen LogP contribution in [0.15, 0.2) is 46.5 Å². The standard InChI is InChI=1S/C16H16Br2O3/c1-2-8-21-16(18)9-12(17)14(13(19)10-16)15(20)11-6-4-3-5-7-11/h3-7,9,20H,2,8,10H2,1H3. The summed E-state index contributed by atoms with van der Waals surface area (Å²) in [5.41, 5.74) is 0.902. The molecular formula is C16H16Br2O3. The molecule has 21 heavy (non-hydrogen) atoms. The Kier molecular flexibility index (Phi) is 5.41. The van der Waals surface area contributed by atoms with Crippen LogP contribution in [-0.2, 0) is 9.53 Å². The van der Waals surface area contributed by atoms with Crippen LogP contribution >= 0.6 is 31.9 Å². The minimum absolute atomic E-state index is 0.0197. The number of hydrogen-bond donors (Lipinski definition) is 1. The van der Waals surface area contributed by atoms with Crippen molar-refractivity contribution in [3.8, 4) is 0 Å². The van der Waals surface area contributed by atoms with Crippen molar-refractivity contribution in [2.45, 2.75) is 24.3 Å². The molecule has 1 unspecified atom stereocenters. The molecule has 2 rings (SSSR count). The van der Waals surface area contributed by atoms with Gasteiger partial charge >= 0.3 is 0 Å². The highest BCUT2D eigenvalue weighted by Crippen LogP contribution is 2.40. The quantitative estimate of drug-likeness (QED) is 0.439. The van der Waals surface area contributed by atoms with E-state index in [1.54, 1.807) is 18.2 Å². The Bertz CT molecular complexity index is 593. The second-order valence-corrected chi connectivity index (χ2v) is 7.01. The summed E-state index contributed by atoms with van der Waals surface area (Å²) < 4.78 is 5.41. The van der Waals surface area contributed by atoms with E-state index in [4.69, 9.17) is 4.74 Å². The van der Waals surface area contributed by atoms with Crippen LogP contribution in [-0.4, -0.2) is 22.0 Å². The van der Waals surface area contributed by atoms with Gasteiger partial charge in [-0.15, -0.1) is 0 Å². The molecule has 0 fully saturated rings. The maximum atomic E-state index is 12.4. The fraction of sp³-hybridized carbons (Fsp3) is 0.312. The van der Waals surface area contributed by atoms with E-state index < -0.39 is 4.51 Å². The minimum atomic E-state index is -0.806. The highest BCUT2D eigenvalue weighted by atomic mass is 79.9. The van der Waals surface area contributed by atoms with E-state index in [0.29, 0.717) is 16.7 Å². The van der Waals surface area contributed by atoms with Gasteiger partial charge in [0.05, 0.1) is 12.0 Å². The molecule has 0 amide bonds. The Morgan fingerprint density at radius 1 is 1.38 bits per heavy atom. The lowest BCUT2D eigenvalue weighted by Crippen LogP contribution is -2.31. The average molecular weight is 416 g/mol. The summed E-state index contributed by atoms with van der Waals surface area (Å²) in [5.74, 6) is -0.188. The normalized spacial score (nSPS) is 24.7. The number of ketones is 1. The smallest absolute Gasteiger partial charge is 0.171 e. The van der Waals surface area contributed by atoms with Gasteiger partial charge in [-0.25, -0.2) is 0 Å². The monoisotopic (exact) mass is 414 g/mol. The first-order valence-corrected chi connectivity index (χ1v) is 8.29. The highest BCUT2D eigenvalue weighted by molar-refractivity contribution is 9.12. The van der Waals surface area contributed by atoms with E-state index in [1.807, 2.05) is 25.1 Å². The lowest BCUT2D eigenvalue weighted by atomic mass is 9.95. The topological polar surface area (TPSA) is 46.5 Å². The molecule has 0 heterocycles. The predicted octanol–water partition coefficient (Wildman–Crippen LogP) is 4.73. The minimum Gasteiger partial charge on any atom is -0.507 e. The van der Waals surface area contributed by atoms with E-state index in [2.05, 4.69) is 31.9 Å². The Balaban J connectivity index is 2.39. The zero-order valence-electron chi connectivity index (χ0n) is 11.6. The maximum Gasteiger partial charge on any atom is 0.171 e. The molecule has 0 saturated carbocycles. The van der Waals surface area contributed by atoms with Gasteiger partial charge in [-0.1, -0.05) is 53.2 Å². The van der Waals surface area contributed by atoms with Crippen molar-refractivity contribution < 1.29 is 14.6 Å². The van der Waals surface area contributed by atoms with Crippen LogP contribution in [0, 0.1) is 0 Å². The number of halogens is 2. The lowest BCUT2D eigenvalue weighted by Gasteiger charge is -2.29. The molecule has 1 aromatic carbocycles. The Hall–Kier alpha value is -0.910. The van der Waals surface area contributed by atoms with Gasteiger partial charge in [-0.3, -0.25) is 4.79 Å². The van der Waals surface area contributed by atoms with E-state index in [1.165, 1.54) is 0 Å². The Morgan fingerprint density at radius 3 is 2.62 bits per heavy atom. The van der Waals surface area contributed by atoms with Crippen LogP contribution in [0.4, 0.5) is 0 Å². The number of ether oxygens (including phenoxy) is 1. The molecule has 112 valence electrons. The van der Waals surface area contributed by atoms with Crippen LogP contribution in [0.3, 0.4) is 0 Å². The van der Waals surface area contributed by atoms with Crippen molar-refractivity contribution in [2.75, 3.05) is 6.61 Å². The zero-order valence-corrected chi connectivity index (χ0v) is 14.8. The van der Waals surface area contributed by atoms with Crippen molar-refractivity contribution in [2.24, 2.45) is 0 Å². The van der Waals surface area contributed by atoms with Gasteiger partial charge in [0.25, 0.3) is 0 Å². The number of hydrogen-bond acceptors (Lipinski definition) is 3. The first kappa shape index (κ1) is 16.5. The summed E-state index contributed by atoms with van der Waals surface area (Å²) in [6.07, 6.45) is 2.79. The third-order valence-corrected chi connectivity index (χ3v) is 4.46. The molecule has 1 N–H and O–H groups in total. The zero-order chi connectivity index (χ0) is 15.5. The van der Waals surface area contributed by atoms with Crippen molar-refractivity contribution in [1.29, 1.82) is 0 Å². The van der Waals surface area contributed by atoms with Crippen molar-refractivity contribution in [3.63, 3.8) is 0 Å². The summed E-state index contributed by atoms with van der Waals surface area (Å²) in [5, 5.41) is 10.4. The SMILES string of the molecule is CCCOC1(Br)C=C(Br)C(=C(O)c2ccccc2)C(=O)C1. The molecule has 3 nitrogen and oxygen atoms in total. The van der Waals surface area contributed by atoms with E-state index in [9.17, 15) is 9.90 Å². The van der Waals surface area contributed by atoms with Crippen LogP contribution in [0.2, 0.25) is 0 Å². The van der Waals surface area contributed by atoms with Crippen LogP contribution in [0.25, 0.3) is 5.76 Å². The second-order valence-electron chi connectivity index (χ2n) is 4.82. The number of benzene rings is 1. The van der Waals surface area contributed by atoms with Crippen molar-refractivity contribution in [3.05, 3.63) is 52.0 Å². The first-order valence-electron chi connectivity index (χ1n) is 6.70. The molecule has 1 aliphatic rings. The van der Waals surface area contributed by atoms with E-state index in [-0.39, 0.29) is 23.5 Å². The average Bonchev–Trinajstić information content (AvgIpc) is 2.45. The lowest BCUT2D eigenvalue weighted by molar-refractivity contribution is -0.118. The number of aliphatic hydroxyl groups excluding tert-OH is 1. The first-order chi connectivity index (χ1) is 9.97. The number of rotatable bonds is 4. The summed E-state index contributed by atoms with van der Waals surface area (Å²) in [6.45, 7) is 2.56. The van der Waals surface area contributed by atoms with Gasteiger partial charge in [0.2, 0.25) is 0 Å². The largest absolute Gasteiger partial charge is 0.507 e. The van der Waals surface area contributed by atoms with Gasteiger partial charge in [-0.2, -0.15) is 0 Å². The third kappa shape index (κ3) is 3.84. The molecule has 0 aliphatic heterocycles. The Labute approximate surface area is 141 Å². The molecule has 0 saturated heterocycles. The summed E-state index contributed by atoms with van der Waals surface area (Å²) in [4.78, 5) is 12.4. The van der Waals surface area contributed by atoms with Gasteiger partial charge in [-0.05, 0) is 28.4 Å². The number of carbonyl (C=O) groups excluding carboxylic acids is 1. The molecule has 0 spiro atoms. The van der Waals surface area contributed by atoms with Gasteiger partial charge in [0, 0.05) is 16.7 Å². The number of Topliss-reactive ketones (excluding diaryl/α,β-unsaturated/α-hetero) is 1. The number of alkyl halides is 1. The fourth-order valence-corrected chi connectivity index (χ4v) is 3.83. The Morgan fingerprint density at radius 2 is 2.05 bits per heavy atom.